The maximum Gasteiger partial charge on any atom is 0.313 e. The normalized spacial score (nSPS) is 12.7. The fourth-order valence-corrected chi connectivity index (χ4v) is 1.85. The van der Waals surface area contributed by atoms with E-state index in [2.05, 4.69) is 0 Å². The van der Waals surface area contributed by atoms with Gasteiger partial charge in [0.1, 0.15) is 0 Å². The minimum absolute atomic E-state index is 0.352. The van der Waals surface area contributed by atoms with Gasteiger partial charge in [-0.15, -0.1) is 0 Å². The topological polar surface area (TPSA) is 70.8 Å². The summed E-state index contributed by atoms with van der Waals surface area (Å²) in [7, 11) is 4.47. The number of carbonyl (C=O) groups is 1. The molecule has 0 unspecified atom stereocenters. The lowest BCUT2D eigenvalue weighted by Gasteiger charge is -2.29. The van der Waals surface area contributed by atoms with Gasteiger partial charge in [0.2, 0.25) is 0 Å². The van der Waals surface area contributed by atoms with Crippen molar-refractivity contribution in [3.05, 3.63) is 23.8 Å². The molecule has 0 aliphatic rings. The maximum atomic E-state index is 11.8. The maximum absolute atomic E-state index is 11.8. The van der Waals surface area contributed by atoms with E-state index in [1.54, 1.807) is 40.2 Å². The van der Waals surface area contributed by atoms with Crippen LogP contribution in [-0.2, 0) is 9.53 Å². The number of hydrogen-bond donors (Lipinski definition) is 1. The number of nitrogens with two attached hydrogens (primary N) is 1. The molecule has 1 atom stereocenters. The Hall–Kier alpha value is -1.75. The van der Waals surface area contributed by atoms with Gasteiger partial charge in [-0.05, 0) is 31.5 Å². The summed E-state index contributed by atoms with van der Waals surface area (Å²) in [6.45, 7) is 3.50. The molecule has 0 heterocycles. The van der Waals surface area contributed by atoms with E-state index in [1.165, 1.54) is 7.11 Å². The van der Waals surface area contributed by atoms with Crippen molar-refractivity contribution in [1.82, 2.24) is 0 Å². The van der Waals surface area contributed by atoms with Crippen LogP contribution in [0, 0.1) is 5.41 Å². The number of esters is 1. The van der Waals surface area contributed by atoms with Crippen LogP contribution in [0.4, 0.5) is 0 Å². The molecule has 0 aromatic heterocycles. The van der Waals surface area contributed by atoms with Crippen LogP contribution in [0.2, 0.25) is 0 Å². The first-order valence-electron chi connectivity index (χ1n) is 5.94. The van der Waals surface area contributed by atoms with Crippen molar-refractivity contribution in [2.24, 2.45) is 11.1 Å². The zero-order valence-corrected chi connectivity index (χ0v) is 12.0. The van der Waals surface area contributed by atoms with Gasteiger partial charge in [-0.1, -0.05) is 6.07 Å². The van der Waals surface area contributed by atoms with Crippen molar-refractivity contribution < 1.29 is 19.0 Å². The third-order valence-electron chi connectivity index (χ3n) is 3.26. The Morgan fingerprint density at radius 1 is 1.16 bits per heavy atom. The molecule has 0 fully saturated rings. The van der Waals surface area contributed by atoms with E-state index in [9.17, 15) is 4.79 Å². The highest BCUT2D eigenvalue weighted by Gasteiger charge is 2.36. The Kier molecular flexibility index (Phi) is 4.78. The number of methoxy groups -OCH3 is 3. The second-order valence-corrected chi connectivity index (χ2v) is 4.81. The second kappa shape index (κ2) is 5.93. The molecular weight excluding hydrogens is 246 g/mol. The highest BCUT2D eigenvalue weighted by molar-refractivity contribution is 5.77. The van der Waals surface area contributed by atoms with Crippen LogP contribution in [0.15, 0.2) is 18.2 Å². The molecule has 5 nitrogen and oxygen atoms in total. The van der Waals surface area contributed by atoms with Gasteiger partial charge in [0.15, 0.2) is 11.5 Å². The first-order valence-corrected chi connectivity index (χ1v) is 5.94. The van der Waals surface area contributed by atoms with Crippen LogP contribution < -0.4 is 15.2 Å². The number of hydrogen-bond acceptors (Lipinski definition) is 5. The van der Waals surface area contributed by atoms with Gasteiger partial charge < -0.3 is 19.9 Å². The number of rotatable bonds is 5. The Morgan fingerprint density at radius 2 is 1.74 bits per heavy atom. The smallest absolute Gasteiger partial charge is 0.313 e. The summed E-state index contributed by atoms with van der Waals surface area (Å²) in [5.41, 5.74) is 6.13. The lowest BCUT2D eigenvalue weighted by atomic mass is 9.81. The summed E-state index contributed by atoms with van der Waals surface area (Å²) in [4.78, 5) is 11.8. The summed E-state index contributed by atoms with van der Waals surface area (Å²) >= 11 is 0. The van der Waals surface area contributed by atoms with E-state index in [1.807, 2.05) is 6.07 Å². The predicted molar refractivity (Wildman–Crippen MR) is 72.3 cm³/mol. The fraction of sp³-hybridized carbons (Fsp3) is 0.500. The summed E-state index contributed by atoms with van der Waals surface area (Å²) in [6, 6.07) is 4.85. The highest BCUT2D eigenvalue weighted by Crippen LogP contribution is 2.36. The molecule has 0 radical (unpaired) electrons. The molecule has 0 amide bonds. The molecule has 0 aliphatic carbocycles. The van der Waals surface area contributed by atoms with Gasteiger partial charge in [-0.2, -0.15) is 0 Å². The van der Waals surface area contributed by atoms with Gasteiger partial charge >= 0.3 is 5.97 Å². The Balaban J connectivity index is 3.13. The zero-order valence-electron chi connectivity index (χ0n) is 12.0. The molecule has 0 saturated heterocycles. The minimum Gasteiger partial charge on any atom is -0.493 e. The average molecular weight is 267 g/mol. The number of ether oxygens (including phenoxy) is 3. The fourth-order valence-electron chi connectivity index (χ4n) is 1.85. The Labute approximate surface area is 113 Å². The van der Waals surface area contributed by atoms with Crippen LogP contribution in [0.1, 0.15) is 25.5 Å². The van der Waals surface area contributed by atoms with Crippen LogP contribution >= 0.6 is 0 Å². The lowest BCUT2D eigenvalue weighted by Crippen LogP contribution is -2.37. The van der Waals surface area contributed by atoms with Crippen LogP contribution in [0.5, 0.6) is 11.5 Å². The Morgan fingerprint density at radius 3 is 2.21 bits per heavy atom. The van der Waals surface area contributed by atoms with Crippen molar-refractivity contribution in [1.29, 1.82) is 0 Å². The first kappa shape index (κ1) is 15.3. The molecule has 19 heavy (non-hydrogen) atoms. The van der Waals surface area contributed by atoms with Crippen LogP contribution in [-0.4, -0.2) is 27.3 Å². The standard InChI is InChI=1S/C14H21NO4/c1-14(2,13(16)19-5)12(15)9-6-7-10(17-3)11(8-9)18-4/h6-8,12H,15H2,1-5H3/t12-/m0/s1. The molecule has 5 heteroatoms. The molecule has 2 N–H and O–H groups in total. The van der Waals surface area contributed by atoms with E-state index in [0.717, 1.165) is 5.56 Å². The number of carbonyl (C=O) groups excluding carboxylic acids is 1. The summed E-state index contributed by atoms with van der Waals surface area (Å²) in [5, 5.41) is 0. The van der Waals surface area contributed by atoms with Crippen molar-refractivity contribution in [3.8, 4) is 11.5 Å². The molecule has 0 bridgehead atoms. The third-order valence-corrected chi connectivity index (χ3v) is 3.26. The molecule has 1 rings (SSSR count). The predicted octanol–water partition coefficient (Wildman–Crippen LogP) is 1.90. The third kappa shape index (κ3) is 2.98. The van der Waals surface area contributed by atoms with Crippen molar-refractivity contribution in [2.75, 3.05) is 21.3 Å². The van der Waals surface area contributed by atoms with Gasteiger partial charge in [0, 0.05) is 6.04 Å². The molecule has 1 aromatic carbocycles. The van der Waals surface area contributed by atoms with Crippen molar-refractivity contribution in [2.45, 2.75) is 19.9 Å². The second-order valence-electron chi connectivity index (χ2n) is 4.81. The summed E-state index contributed by atoms with van der Waals surface area (Å²) in [6.07, 6.45) is 0. The van der Waals surface area contributed by atoms with Crippen molar-refractivity contribution in [3.63, 3.8) is 0 Å². The largest absolute Gasteiger partial charge is 0.493 e. The highest BCUT2D eigenvalue weighted by atomic mass is 16.5. The van der Waals surface area contributed by atoms with Crippen molar-refractivity contribution >= 4 is 5.97 Å². The molecule has 106 valence electrons. The van der Waals surface area contributed by atoms with E-state index >= 15 is 0 Å². The van der Waals surface area contributed by atoms with Crippen LogP contribution in [0.3, 0.4) is 0 Å². The monoisotopic (exact) mass is 267 g/mol. The summed E-state index contributed by atoms with van der Waals surface area (Å²) < 4.78 is 15.2. The minimum atomic E-state index is -0.825. The van der Waals surface area contributed by atoms with E-state index in [4.69, 9.17) is 19.9 Å². The summed E-state index contributed by atoms with van der Waals surface area (Å²) in [5.74, 6) is 0.847. The SMILES string of the molecule is COC(=O)C(C)(C)[C@@H](N)c1ccc(OC)c(OC)c1. The van der Waals surface area contributed by atoms with Gasteiger partial charge in [0.25, 0.3) is 0 Å². The van der Waals surface area contributed by atoms with Gasteiger partial charge in [0.05, 0.1) is 26.7 Å². The van der Waals surface area contributed by atoms with E-state index < -0.39 is 11.5 Å². The van der Waals surface area contributed by atoms with Gasteiger partial charge in [-0.25, -0.2) is 0 Å². The van der Waals surface area contributed by atoms with Crippen LogP contribution in [0.25, 0.3) is 0 Å². The zero-order chi connectivity index (χ0) is 14.6. The molecule has 1 aromatic rings. The van der Waals surface area contributed by atoms with E-state index in [0.29, 0.717) is 11.5 Å². The lowest BCUT2D eigenvalue weighted by molar-refractivity contribution is -0.152. The quantitative estimate of drug-likeness (QED) is 0.825. The first-order chi connectivity index (χ1) is 8.88. The molecule has 0 spiro atoms. The number of benzene rings is 1. The van der Waals surface area contributed by atoms with Gasteiger partial charge in [-0.3, -0.25) is 4.79 Å². The average Bonchev–Trinajstić information content (AvgIpc) is 2.44. The molecule has 0 saturated carbocycles. The Bertz CT molecular complexity index is 457. The molecular formula is C14H21NO4. The molecule has 0 aliphatic heterocycles. The van der Waals surface area contributed by atoms with E-state index in [-0.39, 0.29) is 5.97 Å².